The van der Waals surface area contributed by atoms with Crippen molar-refractivity contribution < 1.29 is 5.21 Å². The van der Waals surface area contributed by atoms with E-state index in [1.54, 1.807) is 11.0 Å². The number of oxime groups is 1. The summed E-state index contributed by atoms with van der Waals surface area (Å²) >= 11 is 0. The lowest BCUT2D eigenvalue weighted by atomic mass is 10.0. The van der Waals surface area contributed by atoms with Crippen LogP contribution in [0.25, 0.3) is 0 Å². The molecule has 6 nitrogen and oxygen atoms in total. The summed E-state index contributed by atoms with van der Waals surface area (Å²) in [6.45, 7) is 2.63. The van der Waals surface area contributed by atoms with Crippen LogP contribution in [0, 0.1) is 6.92 Å². The molecule has 6 heteroatoms. The highest BCUT2D eigenvalue weighted by atomic mass is 16.4. The lowest BCUT2D eigenvalue weighted by Crippen LogP contribution is -2.13. The van der Waals surface area contributed by atoms with Crippen molar-refractivity contribution >= 4 is 5.84 Å². The van der Waals surface area contributed by atoms with Gasteiger partial charge in [-0.3, -0.25) is 0 Å². The molecule has 0 aliphatic heterocycles. The van der Waals surface area contributed by atoms with E-state index in [1.807, 2.05) is 25.1 Å². The van der Waals surface area contributed by atoms with Crippen molar-refractivity contribution in [3.8, 4) is 0 Å². The normalized spacial score (nSPS) is 11.7. The highest BCUT2D eigenvalue weighted by molar-refractivity contribution is 5.97. The molecule has 0 radical (unpaired) electrons. The van der Waals surface area contributed by atoms with Crippen LogP contribution in [0.1, 0.15) is 16.7 Å². The molecule has 1 aromatic carbocycles. The van der Waals surface area contributed by atoms with Crippen LogP contribution in [0.5, 0.6) is 0 Å². The van der Waals surface area contributed by atoms with Crippen LogP contribution in [0.15, 0.2) is 36.0 Å². The zero-order valence-corrected chi connectivity index (χ0v) is 9.41. The Hall–Kier alpha value is -2.37. The summed E-state index contributed by atoms with van der Waals surface area (Å²) in [6.07, 6.45) is 3.16. The maximum absolute atomic E-state index is 8.60. The van der Waals surface area contributed by atoms with E-state index in [2.05, 4.69) is 15.2 Å². The third-order valence-corrected chi connectivity index (χ3v) is 2.55. The first kappa shape index (κ1) is 11.1. The van der Waals surface area contributed by atoms with Gasteiger partial charge in [-0.2, -0.15) is 5.10 Å². The van der Waals surface area contributed by atoms with Crippen LogP contribution in [-0.2, 0) is 6.54 Å². The first-order valence-electron chi connectivity index (χ1n) is 5.10. The predicted octanol–water partition coefficient (Wildman–Crippen LogP) is 0.729. The molecule has 0 aliphatic rings. The van der Waals surface area contributed by atoms with Gasteiger partial charge in [0, 0.05) is 5.56 Å². The maximum Gasteiger partial charge on any atom is 0.170 e. The molecule has 1 aromatic heterocycles. The number of nitrogens with zero attached hydrogens (tertiary/aromatic N) is 4. The molecular weight excluding hydrogens is 218 g/mol. The Labute approximate surface area is 98.4 Å². The highest BCUT2D eigenvalue weighted by Gasteiger charge is 2.04. The molecule has 0 spiro atoms. The van der Waals surface area contributed by atoms with E-state index in [4.69, 9.17) is 10.9 Å². The number of hydrogen-bond acceptors (Lipinski definition) is 4. The summed E-state index contributed by atoms with van der Waals surface area (Å²) in [6, 6.07) is 5.63. The molecule has 0 bridgehead atoms. The molecular formula is C11H13N5O. The van der Waals surface area contributed by atoms with Crippen molar-refractivity contribution in [2.75, 3.05) is 0 Å². The molecule has 0 amide bonds. The fourth-order valence-electron chi connectivity index (χ4n) is 1.58. The second-order valence-corrected chi connectivity index (χ2v) is 3.72. The highest BCUT2D eigenvalue weighted by Crippen LogP contribution is 2.12. The molecule has 1 heterocycles. The number of aromatic nitrogens is 3. The monoisotopic (exact) mass is 231 g/mol. The van der Waals surface area contributed by atoms with E-state index >= 15 is 0 Å². The third kappa shape index (κ3) is 2.41. The van der Waals surface area contributed by atoms with Crippen LogP contribution in [0.3, 0.4) is 0 Å². The molecule has 0 saturated carbocycles. The molecule has 0 aliphatic carbocycles. The second-order valence-electron chi connectivity index (χ2n) is 3.72. The number of hydrogen-bond donors (Lipinski definition) is 2. The van der Waals surface area contributed by atoms with E-state index in [-0.39, 0.29) is 5.84 Å². The topological polar surface area (TPSA) is 89.3 Å². The van der Waals surface area contributed by atoms with E-state index < -0.39 is 0 Å². The number of nitrogens with two attached hydrogens (primary N) is 1. The van der Waals surface area contributed by atoms with Gasteiger partial charge < -0.3 is 10.9 Å². The minimum absolute atomic E-state index is 0.111. The Bertz CT molecular complexity index is 533. The van der Waals surface area contributed by atoms with E-state index in [1.165, 1.54) is 6.33 Å². The van der Waals surface area contributed by atoms with E-state index in [9.17, 15) is 0 Å². The van der Waals surface area contributed by atoms with Gasteiger partial charge in [-0.05, 0) is 24.1 Å². The predicted molar refractivity (Wildman–Crippen MR) is 62.8 cm³/mol. The van der Waals surface area contributed by atoms with Crippen molar-refractivity contribution in [1.29, 1.82) is 0 Å². The number of rotatable bonds is 3. The first-order valence-corrected chi connectivity index (χ1v) is 5.10. The quantitative estimate of drug-likeness (QED) is 0.352. The van der Waals surface area contributed by atoms with Gasteiger partial charge in [-0.15, -0.1) is 0 Å². The Morgan fingerprint density at radius 3 is 2.94 bits per heavy atom. The van der Waals surface area contributed by atoms with Crippen molar-refractivity contribution in [2.45, 2.75) is 13.5 Å². The van der Waals surface area contributed by atoms with Crippen LogP contribution in [-0.4, -0.2) is 25.8 Å². The van der Waals surface area contributed by atoms with Gasteiger partial charge in [-0.1, -0.05) is 17.3 Å². The smallest absolute Gasteiger partial charge is 0.170 e. The molecule has 0 fully saturated rings. The summed E-state index contributed by atoms with van der Waals surface area (Å²) in [5.41, 5.74) is 8.40. The standard InChI is InChI=1S/C11H13N5O/c1-8-4-9(11(12)15-17)2-3-10(8)5-16-7-13-6-14-16/h2-4,6-7,17H,5H2,1H3,(H2,12,15). The number of aryl methyl sites for hydroxylation is 1. The molecule has 88 valence electrons. The summed E-state index contributed by atoms with van der Waals surface area (Å²) < 4.78 is 1.74. The number of amidine groups is 1. The molecule has 0 atom stereocenters. The van der Waals surface area contributed by atoms with Crippen LogP contribution < -0.4 is 5.73 Å². The Kier molecular flexibility index (Phi) is 3.04. The van der Waals surface area contributed by atoms with Crippen LogP contribution in [0.4, 0.5) is 0 Å². The van der Waals surface area contributed by atoms with E-state index in [0.29, 0.717) is 12.1 Å². The van der Waals surface area contributed by atoms with Crippen LogP contribution >= 0.6 is 0 Å². The van der Waals surface area contributed by atoms with Crippen molar-refractivity contribution in [3.05, 3.63) is 47.5 Å². The number of benzene rings is 1. The summed E-state index contributed by atoms with van der Waals surface area (Å²) in [5.74, 6) is 0.111. The molecule has 2 aromatic rings. The molecule has 2 rings (SSSR count). The molecule has 3 N–H and O–H groups in total. The van der Waals surface area contributed by atoms with Gasteiger partial charge in [0.05, 0.1) is 6.54 Å². The van der Waals surface area contributed by atoms with Crippen molar-refractivity contribution in [1.82, 2.24) is 14.8 Å². The second kappa shape index (κ2) is 4.65. The summed E-state index contributed by atoms with van der Waals surface area (Å²) in [5, 5.41) is 15.6. The summed E-state index contributed by atoms with van der Waals surface area (Å²) in [7, 11) is 0. The van der Waals surface area contributed by atoms with Crippen LogP contribution in [0.2, 0.25) is 0 Å². The SMILES string of the molecule is Cc1cc(/C(N)=N/O)ccc1Cn1cncn1. The van der Waals surface area contributed by atoms with Gasteiger partial charge in [0.15, 0.2) is 5.84 Å². The summed E-state index contributed by atoms with van der Waals surface area (Å²) in [4.78, 5) is 3.89. The van der Waals surface area contributed by atoms with Crippen molar-refractivity contribution in [2.24, 2.45) is 10.9 Å². The lowest BCUT2D eigenvalue weighted by molar-refractivity contribution is 0.318. The van der Waals surface area contributed by atoms with Crippen molar-refractivity contribution in [3.63, 3.8) is 0 Å². The first-order chi connectivity index (χ1) is 8.20. The minimum atomic E-state index is 0.111. The fraction of sp³-hybridized carbons (Fsp3) is 0.182. The molecule has 0 saturated heterocycles. The van der Waals surface area contributed by atoms with Gasteiger partial charge in [0.25, 0.3) is 0 Å². The zero-order chi connectivity index (χ0) is 12.3. The minimum Gasteiger partial charge on any atom is -0.409 e. The third-order valence-electron chi connectivity index (χ3n) is 2.55. The molecule has 0 unspecified atom stereocenters. The zero-order valence-electron chi connectivity index (χ0n) is 9.41. The Morgan fingerprint density at radius 1 is 1.53 bits per heavy atom. The molecule has 17 heavy (non-hydrogen) atoms. The fourth-order valence-corrected chi connectivity index (χ4v) is 1.58. The van der Waals surface area contributed by atoms with Gasteiger partial charge in [0.1, 0.15) is 12.7 Å². The van der Waals surface area contributed by atoms with Gasteiger partial charge in [0.2, 0.25) is 0 Å². The lowest BCUT2D eigenvalue weighted by Gasteiger charge is -2.07. The average molecular weight is 231 g/mol. The Morgan fingerprint density at radius 2 is 2.35 bits per heavy atom. The van der Waals surface area contributed by atoms with Gasteiger partial charge >= 0.3 is 0 Å². The van der Waals surface area contributed by atoms with Gasteiger partial charge in [-0.25, -0.2) is 9.67 Å². The van der Waals surface area contributed by atoms with E-state index in [0.717, 1.165) is 11.1 Å². The largest absolute Gasteiger partial charge is 0.409 e. The average Bonchev–Trinajstić information content (AvgIpc) is 2.83. The Balaban J connectivity index is 2.26. The maximum atomic E-state index is 8.60.